The Balaban J connectivity index is 2.09. The maximum Gasteiger partial charge on any atom is 0.303 e. The van der Waals surface area contributed by atoms with Crippen molar-refractivity contribution in [3.8, 4) is 0 Å². The second-order valence-electron chi connectivity index (χ2n) is 3.31. The van der Waals surface area contributed by atoms with Gasteiger partial charge in [-0.05, 0) is 6.42 Å². The second-order valence-corrected chi connectivity index (χ2v) is 4.79. The van der Waals surface area contributed by atoms with Crippen molar-refractivity contribution in [2.24, 2.45) is 0 Å². The van der Waals surface area contributed by atoms with Crippen molar-refractivity contribution in [1.82, 2.24) is 0 Å². The van der Waals surface area contributed by atoms with Gasteiger partial charge in [-0.25, -0.2) is 0 Å². The van der Waals surface area contributed by atoms with Gasteiger partial charge in [-0.15, -0.1) is 0 Å². The van der Waals surface area contributed by atoms with Crippen LogP contribution in [0.3, 0.4) is 0 Å². The van der Waals surface area contributed by atoms with E-state index < -0.39 is 0 Å². The molecule has 0 N–H and O–H groups in total. The zero-order chi connectivity index (χ0) is 9.47. The monoisotopic (exact) mass is 250 g/mol. The Labute approximate surface area is 84.7 Å². The van der Waals surface area contributed by atoms with Gasteiger partial charge in [0.25, 0.3) is 0 Å². The lowest BCUT2D eigenvalue weighted by Gasteiger charge is -2.24. The van der Waals surface area contributed by atoms with Crippen LogP contribution in [-0.2, 0) is 19.0 Å². The molecular weight excluding hydrogens is 240 g/mol. The van der Waals surface area contributed by atoms with Gasteiger partial charge in [-0.1, -0.05) is 15.9 Å². The van der Waals surface area contributed by atoms with Crippen LogP contribution in [0, 0.1) is 0 Å². The van der Waals surface area contributed by atoms with E-state index in [4.69, 9.17) is 14.2 Å². The van der Waals surface area contributed by atoms with Gasteiger partial charge in [0.15, 0.2) is 6.29 Å². The van der Waals surface area contributed by atoms with E-state index in [1.807, 2.05) is 0 Å². The molecule has 2 fully saturated rings. The standard InChI is InChI=1S/C8H11BrO4/c1-5(10)13-6-4-12-7-8(6,9)2-3-11-7/h6-7H,2-4H2,1H3/t6?,7-,8-/m1/s1. The van der Waals surface area contributed by atoms with Crippen molar-refractivity contribution in [3.63, 3.8) is 0 Å². The van der Waals surface area contributed by atoms with E-state index in [9.17, 15) is 4.79 Å². The second kappa shape index (κ2) is 3.22. The van der Waals surface area contributed by atoms with Crippen LogP contribution < -0.4 is 0 Å². The lowest BCUT2D eigenvalue weighted by Crippen LogP contribution is -2.39. The van der Waals surface area contributed by atoms with Crippen LogP contribution in [0.5, 0.6) is 0 Å². The molecule has 0 aliphatic carbocycles. The van der Waals surface area contributed by atoms with Gasteiger partial charge in [0.05, 0.1) is 13.2 Å². The summed E-state index contributed by atoms with van der Waals surface area (Å²) in [6.45, 7) is 2.46. The van der Waals surface area contributed by atoms with E-state index in [0.29, 0.717) is 13.2 Å². The first-order chi connectivity index (χ1) is 6.13. The minimum atomic E-state index is -0.321. The highest BCUT2D eigenvalue weighted by Gasteiger charge is 2.55. The van der Waals surface area contributed by atoms with E-state index in [1.54, 1.807) is 0 Å². The molecule has 0 aromatic heterocycles. The normalized spacial score (nSPS) is 43.2. The number of carbonyl (C=O) groups is 1. The van der Waals surface area contributed by atoms with Crippen LogP contribution in [0.1, 0.15) is 13.3 Å². The minimum Gasteiger partial charge on any atom is -0.458 e. The van der Waals surface area contributed by atoms with Gasteiger partial charge < -0.3 is 14.2 Å². The summed E-state index contributed by atoms with van der Waals surface area (Å²) in [4.78, 5) is 10.8. The van der Waals surface area contributed by atoms with Crippen molar-refractivity contribution in [2.75, 3.05) is 13.2 Å². The fraction of sp³-hybridized carbons (Fsp3) is 0.875. The Morgan fingerprint density at radius 3 is 3.08 bits per heavy atom. The Morgan fingerprint density at radius 1 is 1.62 bits per heavy atom. The molecule has 3 atom stereocenters. The maximum atomic E-state index is 10.8. The molecule has 0 aromatic carbocycles. The van der Waals surface area contributed by atoms with Crippen LogP contribution >= 0.6 is 15.9 Å². The molecule has 0 amide bonds. The van der Waals surface area contributed by atoms with Gasteiger partial charge in [-0.2, -0.15) is 0 Å². The van der Waals surface area contributed by atoms with Gasteiger partial charge in [0.1, 0.15) is 10.4 Å². The topological polar surface area (TPSA) is 44.8 Å². The molecule has 1 unspecified atom stereocenters. The van der Waals surface area contributed by atoms with E-state index in [0.717, 1.165) is 6.42 Å². The Hall–Kier alpha value is -0.130. The third-order valence-electron chi connectivity index (χ3n) is 2.39. The zero-order valence-corrected chi connectivity index (χ0v) is 8.87. The molecule has 5 heteroatoms. The summed E-state index contributed by atoms with van der Waals surface area (Å²) < 4.78 is 15.5. The molecule has 74 valence electrons. The van der Waals surface area contributed by atoms with Crippen LogP contribution in [0.25, 0.3) is 0 Å². The molecule has 2 saturated heterocycles. The first-order valence-corrected chi connectivity index (χ1v) is 5.01. The first-order valence-electron chi connectivity index (χ1n) is 4.22. The SMILES string of the molecule is CC(=O)OC1CO[C@H]2OCC[C@@]12Br. The smallest absolute Gasteiger partial charge is 0.303 e. The third-order valence-corrected chi connectivity index (χ3v) is 3.67. The number of ether oxygens (including phenoxy) is 3. The average molecular weight is 251 g/mol. The molecule has 2 rings (SSSR count). The summed E-state index contributed by atoms with van der Waals surface area (Å²) in [5.74, 6) is -0.278. The van der Waals surface area contributed by atoms with Gasteiger partial charge in [0.2, 0.25) is 0 Å². The fourth-order valence-corrected chi connectivity index (χ4v) is 2.38. The highest BCUT2D eigenvalue weighted by atomic mass is 79.9. The number of hydrogen-bond donors (Lipinski definition) is 0. The fourth-order valence-electron chi connectivity index (χ4n) is 1.72. The van der Waals surface area contributed by atoms with Crippen molar-refractivity contribution < 1.29 is 19.0 Å². The molecule has 0 saturated carbocycles. The molecule has 2 aliphatic rings. The van der Waals surface area contributed by atoms with Crippen LogP contribution in [-0.4, -0.2) is 35.9 Å². The number of carbonyl (C=O) groups excluding carboxylic acids is 1. The zero-order valence-electron chi connectivity index (χ0n) is 7.29. The predicted octanol–water partition coefficient (Wildman–Crippen LogP) is 0.828. The largest absolute Gasteiger partial charge is 0.458 e. The first kappa shape index (κ1) is 9.43. The summed E-state index contributed by atoms with van der Waals surface area (Å²) in [5.41, 5.74) is 0. The summed E-state index contributed by atoms with van der Waals surface area (Å²) in [6.07, 6.45) is 0.324. The highest BCUT2D eigenvalue weighted by Crippen LogP contribution is 2.44. The van der Waals surface area contributed by atoms with E-state index in [1.165, 1.54) is 6.92 Å². The highest BCUT2D eigenvalue weighted by molar-refractivity contribution is 9.10. The number of fused-ring (bicyclic) bond motifs is 1. The van der Waals surface area contributed by atoms with Crippen molar-refractivity contribution in [2.45, 2.75) is 30.1 Å². The average Bonchev–Trinajstić information content (AvgIpc) is 2.51. The molecule has 0 spiro atoms. The number of esters is 1. The van der Waals surface area contributed by atoms with E-state index in [2.05, 4.69) is 15.9 Å². The molecule has 13 heavy (non-hydrogen) atoms. The van der Waals surface area contributed by atoms with Crippen molar-refractivity contribution in [3.05, 3.63) is 0 Å². The molecule has 4 nitrogen and oxygen atoms in total. The number of halogens is 1. The Bertz CT molecular complexity index is 232. The minimum absolute atomic E-state index is 0.225. The van der Waals surface area contributed by atoms with Crippen molar-refractivity contribution >= 4 is 21.9 Å². The van der Waals surface area contributed by atoms with Gasteiger partial charge in [0, 0.05) is 6.92 Å². The van der Waals surface area contributed by atoms with E-state index in [-0.39, 0.29) is 22.7 Å². The molecule has 0 bridgehead atoms. The molecule has 0 radical (unpaired) electrons. The number of hydrogen-bond acceptors (Lipinski definition) is 4. The third kappa shape index (κ3) is 1.49. The lowest BCUT2D eigenvalue weighted by molar-refractivity contribution is -0.147. The quantitative estimate of drug-likeness (QED) is 0.511. The van der Waals surface area contributed by atoms with Gasteiger partial charge >= 0.3 is 5.97 Å². The summed E-state index contributed by atoms with van der Waals surface area (Å²) >= 11 is 3.54. The Kier molecular flexibility index (Phi) is 2.33. The molecular formula is C8H11BrO4. The maximum absolute atomic E-state index is 10.8. The summed E-state index contributed by atoms with van der Waals surface area (Å²) in [6, 6.07) is 0. The summed E-state index contributed by atoms with van der Waals surface area (Å²) in [7, 11) is 0. The predicted molar refractivity (Wildman–Crippen MR) is 47.5 cm³/mol. The Morgan fingerprint density at radius 2 is 2.38 bits per heavy atom. The number of alkyl halides is 1. The van der Waals surface area contributed by atoms with Crippen LogP contribution in [0.2, 0.25) is 0 Å². The molecule has 2 aliphatic heterocycles. The molecule has 0 aromatic rings. The van der Waals surface area contributed by atoms with Gasteiger partial charge in [-0.3, -0.25) is 4.79 Å². The number of rotatable bonds is 1. The van der Waals surface area contributed by atoms with Crippen molar-refractivity contribution in [1.29, 1.82) is 0 Å². The lowest BCUT2D eigenvalue weighted by atomic mass is 10.0. The molecule has 2 heterocycles. The van der Waals surface area contributed by atoms with Crippen LogP contribution in [0.15, 0.2) is 0 Å². The van der Waals surface area contributed by atoms with Crippen LogP contribution in [0.4, 0.5) is 0 Å². The summed E-state index contributed by atoms with van der Waals surface area (Å²) in [5, 5.41) is 0. The van der Waals surface area contributed by atoms with E-state index >= 15 is 0 Å².